The van der Waals surface area contributed by atoms with Crippen LogP contribution in [-0.4, -0.2) is 22.9 Å². The lowest BCUT2D eigenvalue weighted by Gasteiger charge is -2.39. The lowest BCUT2D eigenvalue weighted by Crippen LogP contribution is -2.38. The van der Waals surface area contributed by atoms with Crippen LogP contribution in [0.2, 0.25) is 0 Å². The largest absolute Gasteiger partial charge is 0.396 e. The minimum absolute atomic E-state index is 0.0675. The monoisotopic (exact) mass is 212 g/mol. The molecular weight excluding hydrogens is 188 g/mol. The van der Waals surface area contributed by atoms with Crippen molar-refractivity contribution in [3.05, 3.63) is 0 Å². The topological polar surface area (TPSA) is 40.5 Å². The van der Waals surface area contributed by atoms with Gasteiger partial charge in [-0.1, -0.05) is 13.8 Å². The van der Waals surface area contributed by atoms with Gasteiger partial charge >= 0.3 is 0 Å². The van der Waals surface area contributed by atoms with E-state index in [2.05, 4.69) is 13.8 Å². The Balaban J connectivity index is 2.11. The summed E-state index contributed by atoms with van der Waals surface area (Å²) < 4.78 is 0. The quantitative estimate of drug-likeness (QED) is 0.735. The first-order chi connectivity index (χ1) is 7.15. The molecule has 0 amide bonds. The van der Waals surface area contributed by atoms with Crippen LogP contribution in [0.3, 0.4) is 0 Å². The third kappa shape index (κ3) is 1.94. The Morgan fingerprint density at radius 2 is 1.93 bits per heavy atom. The average Bonchev–Trinajstić information content (AvgIpc) is 2.68. The average molecular weight is 212 g/mol. The Kier molecular flexibility index (Phi) is 3.36. The standard InChI is InChI=1S/C13H24O2/c1-8-3-6-12(15)11-5-4-10(13(8)11)9(2)7-14/h8-15H,3-7H2,1-2H3/t8-,9+,10-,11-,12+,13?/m0/s1. The molecule has 0 radical (unpaired) electrons. The summed E-state index contributed by atoms with van der Waals surface area (Å²) in [5.74, 6) is 2.97. The molecule has 0 aromatic carbocycles. The zero-order valence-corrected chi connectivity index (χ0v) is 9.89. The highest BCUT2D eigenvalue weighted by molar-refractivity contribution is 4.95. The van der Waals surface area contributed by atoms with Crippen molar-refractivity contribution in [1.29, 1.82) is 0 Å². The highest BCUT2D eigenvalue weighted by Crippen LogP contribution is 2.51. The summed E-state index contributed by atoms with van der Waals surface area (Å²) in [5.41, 5.74) is 0. The molecule has 0 aromatic rings. The van der Waals surface area contributed by atoms with Crippen molar-refractivity contribution in [2.45, 2.75) is 45.6 Å². The maximum absolute atomic E-state index is 10.0. The van der Waals surface area contributed by atoms with Crippen LogP contribution in [0.25, 0.3) is 0 Å². The van der Waals surface area contributed by atoms with Crippen LogP contribution in [0.15, 0.2) is 0 Å². The second kappa shape index (κ2) is 4.42. The first kappa shape index (κ1) is 11.4. The second-order valence-corrected chi connectivity index (χ2v) is 5.76. The predicted octanol–water partition coefficient (Wildman–Crippen LogP) is 2.05. The maximum atomic E-state index is 10.0. The van der Waals surface area contributed by atoms with Crippen molar-refractivity contribution in [3.63, 3.8) is 0 Å². The molecule has 1 unspecified atom stereocenters. The van der Waals surface area contributed by atoms with Gasteiger partial charge in [-0.05, 0) is 55.3 Å². The van der Waals surface area contributed by atoms with E-state index in [0.29, 0.717) is 30.3 Å². The summed E-state index contributed by atoms with van der Waals surface area (Å²) in [4.78, 5) is 0. The van der Waals surface area contributed by atoms with E-state index in [4.69, 9.17) is 0 Å². The molecule has 0 spiro atoms. The lowest BCUT2D eigenvalue weighted by molar-refractivity contribution is -0.00131. The number of rotatable bonds is 2. The molecule has 2 fully saturated rings. The van der Waals surface area contributed by atoms with E-state index in [9.17, 15) is 10.2 Å². The summed E-state index contributed by atoms with van der Waals surface area (Å²) in [5, 5.41) is 19.3. The van der Waals surface area contributed by atoms with Crippen LogP contribution in [0.5, 0.6) is 0 Å². The minimum Gasteiger partial charge on any atom is -0.396 e. The zero-order chi connectivity index (χ0) is 11.0. The van der Waals surface area contributed by atoms with Gasteiger partial charge in [-0.3, -0.25) is 0 Å². The molecule has 2 aliphatic rings. The Hall–Kier alpha value is -0.0800. The molecule has 0 aromatic heterocycles. The van der Waals surface area contributed by atoms with E-state index in [1.54, 1.807) is 0 Å². The van der Waals surface area contributed by atoms with Gasteiger partial charge in [0.1, 0.15) is 0 Å². The van der Waals surface area contributed by atoms with Crippen molar-refractivity contribution >= 4 is 0 Å². The van der Waals surface area contributed by atoms with Gasteiger partial charge in [0.05, 0.1) is 6.10 Å². The van der Waals surface area contributed by atoms with Crippen molar-refractivity contribution in [1.82, 2.24) is 0 Å². The Bertz CT molecular complexity index is 217. The number of hydrogen-bond donors (Lipinski definition) is 2. The molecule has 88 valence electrons. The fourth-order valence-corrected chi connectivity index (χ4v) is 4.02. The Labute approximate surface area is 92.7 Å². The number of aliphatic hydroxyl groups excluding tert-OH is 2. The molecule has 2 aliphatic carbocycles. The zero-order valence-electron chi connectivity index (χ0n) is 9.89. The van der Waals surface area contributed by atoms with Crippen molar-refractivity contribution < 1.29 is 10.2 Å². The van der Waals surface area contributed by atoms with Gasteiger partial charge in [-0.25, -0.2) is 0 Å². The summed E-state index contributed by atoms with van der Waals surface area (Å²) in [6.07, 6.45) is 4.46. The Morgan fingerprint density at radius 3 is 2.60 bits per heavy atom. The van der Waals surface area contributed by atoms with Crippen LogP contribution in [0.1, 0.15) is 39.5 Å². The molecule has 2 saturated carbocycles. The molecule has 0 heterocycles. The SMILES string of the molecule is C[C@H](CO)[C@@H]1CC[C@@H]2C1[C@@H](C)CC[C@H]2O. The molecule has 2 heteroatoms. The van der Waals surface area contributed by atoms with E-state index in [1.165, 1.54) is 12.8 Å². The molecular formula is C13H24O2. The smallest absolute Gasteiger partial charge is 0.0571 e. The third-order valence-electron chi connectivity index (χ3n) is 4.91. The third-order valence-corrected chi connectivity index (χ3v) is 4.91. The molecule has 2 rings (SSSR count). The summed E-state index contributed by atoms with van der Waals surface area (Å²) >= 11 is 0. The van der Waals surface area contributed by atoms with Crippen LogP contribution >= 0.6 is 0 Å². The van der Waals surface area contributed by atoms with E-state index in [1.807, 2.05) is 0 Å². The molecule has 2 nitrogen and oxygen atoms in total. The van der Waals surface area contributed by atoms with Gasteiger partial charge in [0, 0.05) is 6.61 Å². The van der Waals surface area contributed by atoms with E-state index in [0.717, 1.165) is 18.8 Å². The fraction of sp³-hybridized carbons (Fsp3) is 1.00. The molecule has 2 N–H and O–H groups in total. The molecule has 0 bridgehead atoms. The summed E-state index contributed by atoms with van der Waals surface area (Å²) in [6.45, 7) is 4.78. The normalized spacial score (nSPS) is 47.6. The van der Waals surface area contributed by atoms with Crippen LogP contribution in [0.4, 0.5) is 0 Å². The van der Waals surface area contributed by atoms with Crippen LogP contribution < -0.4 is 0 Å². The maximum Gasteiger partial charge on any atom is 0.0571 e. The van der Waals surface area contributed by atoms with Crippen LogP contribution in [0, 0.1) is 29.6 Å². The van der Waals surface area contributed by atoms with Gasteiger partial charge in [0.25, 0.3) is 0 Å². The summed E-state index contributed by atoms with van der Waals surface area (Å²) in [7, 11) is 0. The molecule has 15 heavy (non-hydrogen) atoms. The van der Waals surface area contributed by atoms with E-state index in [-0.39, 0.29) is 6.10 Å². The summed E-state index contributed by atoms with van der Waals surface area (Å²) in [6, 6.07) is 0. The highest BCUT2D eigenvalue weighted by atomic mass is 16.3. The van der Waals surface area contributed by atoms with Crippen molar-refractivity contribution in [3.8, 4) is 0 Å². The second-order valence-electron chi connectivity index (χ2n) is 5.76. The van der Waals surface area contributed by atoms with Gasteiger partial charge < -0.3 is 10.2 Å². The molecule has 6 atom stereocenters. The molecule has 0 saturated heterocycles. The lowest BCUT2D eigenvalue weighted by atomic mass is 9.68. The number of hydrogen-bond acceptors (Lipinski definition) is 2. The van der Waals surface area contributed by atoms with E-state index < -0.39 is 0 Å². The first-order valence-corrected chi connectivity index (χ1v) is 6.44. The van der Waals surface area contributed by atoms with E-state index >= 15 is 0 Å². The first-order valence-electron chi connectivity index (χ1n) is 6.44. The van der Waals surface area contributed by atoms with Crippen molar-refractivity contribution in [2.75, 3.05) is 6.61 Å². The fourth-order valence-electron chi connectivity index (χ4n) is 4.02. The van der Waals surface area contributed by atoms with Gasteiger partial charge in [-0.2, -0.15) is 0 Å². The minimum atomic E-state index is -0.0675. The molecule has 0 aliphatic heterocycles. The van der Waals surface area contributed by atoms with Gasteiger partial charge in [0.15, 0.2) is 0 Å². The predicted molar refractivity (Wildman–Crippen MR) is 60.4 cm³/mol. The number of aliphatic hydroxyl groups is 2. The van der Waals surface area contributed by atoms with Crippen molar-refractivity contribution in [2.24, 2.45) is 29.6 Å². The van der Waals surface area contributed by atoms with Gasteiger partial charge in [0.2, 0.25) is 0 Å². The highest BCUT2D eigenvalue weighted by Gasteiger charge is 2.46. The number of fused-ring (bicyclic) bond motifs is 1. The van der Waals surface area contributed by atoms with Crippen LogP contribution in [-0.2, 0) is 0 Å². The Morgan fingerprint density at radius 1 is 1.20 bits per heavy atom. The van der Waals surface area contributed by atoms with Gasteiger partial charge in [-0.15, -0.1) is 0 Å².